The van der Waals surface area contributed by atoms with Gasteiger partial charge in [0, 0.05) is 23.6 Å². The number of nitro groups is 1. The Balaban J connectivity index is 2.20. The first kappa shape index (κ1) is 11.5. The fraction of sp³-hybridized carbons (Fsp3) is 0.364. The highest BCUT2D eigenvalue weighted by atomic mass is 16.6. The second-order valence-electron chi connectivity index (χ2n) is 3.83. The van der Waals surface area contributed by atoms with Crippen LogP contribution in [0.3, 0.4) is 0 Å². The summed E-state index contributed by atoms with van der Waals surface area (Å²) in [4.78, 5) is 23.9. The van der Waals surface area contributed by atoms with Crippen LogP contribution >= 0.6 is 0 Å². The van der Waals surface area contributed by atoms with E-state index in [0.717, 1.165) is 0 Å². The third-order valence-corrected chi connectivity index (χ3v) is 2.74. The topological polar surface area (TPSA) is 75.5 Å². The molecule has 1 saturated heterocycles. The number of carbonyl (C=O) groups is 1. The summed E-state index contributed by atoms with van der Waals surface area (Å²) in [6.07, 6.45) is -0.976. The van der Waals surface area contributed by atoms with Crippen molar-refractivity contribution in [3.8, 4) is 0 Å². The number of carbonyl (C=O) groups excluding carboxylic acids is 1. The molecule has 1 aromatic carbocycles. The molecule has 0 bridgehead atoms. The van der Waals surface area contributed by atoms with E-state index < -0.39 is 11.1 Å². The molecule has 2 rings (SSSR count). The number of piperazine rings is 1. The summed E-state index contributed by atoms with van der Waals surface area (Å²) in [6, 6.07) is 8.63. The molecule has 1 amide bonds. The van der Waals surface area contributed by atoms with Crippen molar-refractivity contribution in [2.24, 2.45) is 0 Å². The minimum absolute atomic E-state index is 0.200. The van der Waals surface area contributed by atoms with E-state index in [1.54, 1.807) is 30.3 Å². The van der Waals surface area contributed by atoms with Gasteiger partial charge in [0.15, 0.2) is 0 Å². The van der Waals surface area contributed by atoms with Crippen molar-refractivity contribution in [2.45, 2.75) is 6.17 Å². The van der Waals surface area contributed by atoms with Crippen LogP contribution in [0.5, 0.6) is 0 Å². The van der Waals surface area contributed by atoms with Crippen LogP contribution < -0.4 is 5.32 Å². The predicted molar refractivity (Wildman–Crippen MR) is 61.1 cm³/mol. The van der Waals surface area contributed by atoms with Gasteiger partial charge in [0.25, 0.3) is 5.91 Å². The van der Waals surface area contributed by atoms with E-state index >= 15 is 0 Å². The number of hydrogen-bond acceptors (Lipinski definition) is 4. The van der Waals surface area contributed by atoms with Gasteiger partial charge in [-0.3, -0.25) is 19.8 Å². The number of benzene rings is 1. The summed E-state index contributed by atoms with van der Waals surface area (Å²) >= 11 is 0. The fourth-order valence-electron chi connectivity index (χ4n) is 1.86. The molecule has 1 fully saturated rings. The molecule has 1 N–H and O–H groups in total. The number of nitrogens with zero attached hydrogens (tertiary/aromatic N) is 2. The zero-order valence-electron chi connectivity index (χ0n) is 9.20. The molecule has 6 heteroatoms. The van der Waals surface area contributed by atoms with Crippen LogP contribution in [0.25, 0.3) is 0 Å². The fourth-order valence-corrected chi connectivity index (χ4v) is 1.86. The molecule has 90 valence electrons. The lowest BCUT2D eigenvalue weighted by Crippen LogP contribution is -2.56. The molecule has 17 heavy (non-hydrogen) atoms. The number of nitrogens with one attached hydrogen (secondary N) is 1. The highest BCUT2D eigenvalue weighted by molar-refractivity contribution is 5.94. The molecule has 0 aliphatic carbocycles. The third-order valence-electron chi connectivity index (χ3n) is 2.74. The van der Waals surface area contributed by atoms with Gasteiger partial charge in [-0.1, -0.05) is 18.2 Å². The van der Waals surface area contributed by atoms with E-state index in [4.69, 9.17) is 0 Å². The number of hydrogen-bond donors (Lipinski definition) is 1. The first-order valence-corrected chi connectivity index (χ1v) is 5.40. The van der Waals surface area contributed by atoms with Gasteiger partial charge in [-0.25, -0.2) is 0 Å². The molecule has 1 aliphatic rings. The highest BCUT2D eigenvalue weighted by Gasteiger charge is 2.35. The third kappa shape index (κ3) is 2.42. The van der Waals surface area contributed by atoms with E-state index in [2.05, 4.69) is 5.32 Å². The smallest absolute Gasteiger partial charge is 0.301 e. The second kappa shape index (κ2) is 4.92. The Morgan fingerprint density at radius 3 is 2.76 bits per heavy atom. The van der Waals surface area contributed by atoms with Gasteiger partial charge >= 0.3 is 6.17 Å². The lowest BCUT2D eigenvalue weighted by atomic mass is 10.1. The Labute approximate surface area is 98.4 Å². The van der Waals surface area contributed by atoms with Crippen LogP contribution in [-0.2, 0) is 0 Å². The Hall–Kier alpha value is -1.95. The summed E-state index contributed by atoms with van der Waals surface area (Å²) in [5, 5.41) is 13.8. The van der Waals surface area contributed by atoms with Crippen molar-refractivity contribution < 1.29 is 9.72 Å². The van der Waals surface area contributed by atoms with Crippen LogP contribution in [0.15, 0.2) is 30.3 Å². The first-order chi connectivity index (χ1) is 8.20. The molecule has 0 radical (unpaired) electrons. The van der Waals surface area contributed by atoms with Gasteiger partial charge in [0.1, 0.15) is 0 Å². The zero-order chi connectivity index (χ0) is 12.3. The van der Waals surface area contributed by atoms with Crippen molar-refractivity contribution in [3.63, 3.8) is 0 Å². The molecular formula is C11H13N3O3. The van der Waals surface area contributed by atoms with E-state index in [1.807, 2.05) is 0 Å². The summed E-state index contributed by atoms with van der Waals surface area (Å²) in [7, 11) is 0. The average molecular weight is 235 g/mol. The summed E-state index contributed by atoms with van der Waals surface area (Å²) in [6.45, 7) is 1.15. The molecule has 1 aliphatic heterocycles. The largest absolute Gasteiger partial charge is 0.307 e. The second-order valence-corrected chi connectivity index (χ2v) is 3.83. The monoisotopic (exact) mass is 235 g/mol. The molecule has 1 aromatic rings. The lowest BCUT2D eigenvalue weighted by Gasteiger charge is -2.30. The summed E-state index contributed by atoms with van der Waals surface area (Å²) < 4.78 is 0. The van der Waals surface area contributed by atoms with Crippen LogP contribution in [0.4, 0.5) is 0 Å². The van der Waals surface area contributed by atoms with Crippen molar-refractivity contribution in [1.82, 2.24) is 10.2 Å². The van der Waals surface area contributed by atoms with Gasteiger partial charge < -0.3 is 5.32 Å². The zero-order valence-corrected chi connectivity index (χ0v) is 9.20. The van der Waals surface area contributed by atoms with Gasteiger partial charge in [0.2, 0.25) is 0 Å². The van der Waals surface area contributed by atoms with E-state index in [0.29, 0.717) is 18.7 Å². The molecule has 0 aromatic heterocycles. The van der Waals surface area contributed by atoms with Gasteiger partial charge in [-0.15, -0.1) is 0 Å². The molecule has 1 unspecified atom stereocenters. The Morgan fingerprint density at radius 1 is 1.41 bits per heavy atom. The Kier molecular flexibility index (Phi) is 3.34. The maximum atomic E-state index is 12.1. The van der Waals surface area contributed by atoms with Crippen molar-refractivity contribution in [2.75, 3.05) is 19.6 Å². The van der Waals surface area contributed by atoms with Crippen molar-refractivity contribution in [3.05, 3.63) is 46.0 Å². The van der Waals surface area contributed by atoms with Crippen LogP contribution in [0, 0.1) is 10.1 Å². The van der Waals surface area contributed by atoms with Crippen molar-refractivity contribution >= 4 is 5.91 Å². The molecular weight excluding hydrogens is 222 g/mol. The minimum atomic E-state index is -0.976. The van der Waals surface area contributed by atoms with Crippen LogP contribution in [0.1, 0.15) is 10.4 Å². The normalized spacial score (nSPS) is 20.0. The van der Waals surface area contributed by atoms with Gasteiger partial charge in [0.05, 0.1) is 6.54 Å². The number of rotatable bonds is 2. The van der Waals surface area contributed by atoms with E-state index in [-0.39, 0.29) is 12.5 Å². The Morgan fingerprint density at radius 2 is 2.12 bits per heavy atom. The highest BCUT2D eigenvalue weighted by Crippen LogP contribution is 2.10. The maximum absolute atomic E-state index is 12.1. The number of amides is 1. The maximum Gasteiger partial charge on any atom is 0.301 e. The summed E-state index contributed by atoms with van der Waals surface area (Å²) in [5.41, 5.74) is 0.487. The molecule has 0 spiro atoms. The van der Waals surface area contributed by atoms with Crippen molar-refractivity contribution in [1.29, 1.82) is 0 Å². The first-order valence-electron chi connectivity index (χ1n) is 5.40. The Bertz CT molecular complexity index is 421. The van der Waals surface area contributed by atoms with E-state index in [1.165, 1.54) is 4.90 Å². The minimum Gasteiger partial charge on any atom is -0.307 e. The molecule has 6 nitrogen and oxygen atoms in total. The summed E-state index contributed by atoms with van der Waals surface area (Å²) in [5.74, 6) is -0.284. The van der Waals surface area contributed by atoms with E-state index in [9.17, 15) is 14.9 Å². The van der Waals surface area contributed by atoms with Gasteiger partial charge in [-0.2, -0.15) is 0 Å². The lowest BCUT2D eigenvalue weighted by molar-refractivity contribution is -0.545. The standard InChI is InChI=1S/C11H13N3O3/c15-11(9-4-2-1-3-5-9)13-7-6-12-8-10(13)14(16)17/h1-5,10,12H,6-8H2. The van der Waals surface area contributed by atoms with Crippen LogP contribution in [-0.4, -0.2) is 41.5 Å². The molecule has 1 heterocycles. The SMILES string of the molecule is O=C(c1ccccc1)N1CCNCC1[N+](=O)[O-]. The quantitative estimate of drug-likeness (QED) is 0.592. The molecule has 0 saturated carbocycles. The average Bonchev–Trinajstić information content (AvgIpc) is 2.39. The predicted octanol–water partition coefficient (Wildman–Crippen LogP) is 0.335. The molecule has 1 atom stereocenters. The van der Waals surface area contributed by atoms with Crippen LogP contribution in [0.2, 0.25) is 0 Å². The van der Waals surface area contributed by atoms with Gasteiger partial charge in [-0.05, 0) is 12.1 Å².